The van der Waals surface area contributed by atoms with E-state index in [-0.39, 0.29) is 17.3 Å². The fourth-order valence-electron chi connectivity index (χ4n) is 3.82. The van der Waals surface area contributed by atoms with Crippen molar-refractivity contribution in [2.24, 2.45) is 11.7 Å². The molecule has 0 radical (unpaired) electrons. The van der Waals surface area contributed by atoms with Gasteiger partial charge in [-0.1, -0.05) is 18.2 Å². The molecule has 2 aliphatic rings. The Balaban J connectivity index is 0.000000318. The summed E-state index contributed by atoms with van der Waals surface area (Å²) in [6, 6.07) is 10.1. The Morgan fingerprint density at radius 1 is 1.10 bits per heavy atom. The van der Waals surface area contributed by atoms with Crippen LogP contribution in [0.25, 0.3) is 10.8 Å². The minimum Gasteiger partial charge on any atom is -0.475 e. The maximum absolute atomic E-state index is 13.4. The number of carbonyl (C=O) groups excluding carboxylic acids is 1. The highest BCUT2D eigenvalue weighted by atomic mass is 19.4. The second kappa shape index (κ2) is 8.22. The van der Waals surface area contributed by atoms with E-state index in [2.05, 4.69) is 0 Å². The zero-order valence-corrected chi connectivity index (χ0v) is 16.1. The first-order valence-corrected chi connectivity index (χ1v) is 9.58. The molecule has 2 aromatic rings. The average Bonchev–Trinajstić information content (AvgIpc) is 3.45. The van der Waals surface area contributed by atoms with Crippen molar-refractivity contribution >= 4 is 22.6 Å². The van der Waals surface area contributed by atoms with Gasteiger partial charge in [0, 0.05) is 24.2 Å². The summed E-state index contributed by atoms with van der Waals surface area (Å²) in [5.41, 5.74) is 7.01. The largest absolute Gasteiger partial charge is 0.490 e. The van der Waals surface area contributed by atoms with Gasteiger partial charge in [-0.25, -0.2) is 9.18 Å². The van der Waals surface area contributed by atoms with E-state index >= 15 is 0 Å². The van der Waals surface area contributed by atoms with Crippen LogP contribution in [0.2, 0.25) is 0 Å². The fourth-order valence-corrected chi connectivity index (χ4v) is 3.82. The number of hydrogen-bond acceptors (Lipinski definition) is 3. The number of halogens is 4. The van der Waals surface area contributed by atoms with Gasteiger partial charge in [-0.3, -0.25) is 4.79 Å². The Kier molecular flexibility index (Phi) is 6.03. The third-order valence-corrected chi connectivity index (χ3v) is 5.74. The zero-order valence-electron chi connectivity index (χ0n) is 16.1. The van der Waals surface area contributed by atoms with Gasteiger partial charge in [-0.05, 0) is 60.6 Å². The van der Waals surface area contributed by atoms with Gasteiger partial charge in [0.15, 0.2) is 0 Å². The number of carboxylic acids is 1. The predicted molar refractivity (Wildman–Crippen MR) is 102 cm³/mol. The molecule has 0 aromatic heterocycles. The standard InChI is InChI=1S/C19H21FN2O.C2HF3O2/c20-15-4-5-16-13(12-15)2-1-3-17(16)18(23)22-10-6-14(7-11-22)19(21)8-9-19;3-2(4,5)1(6)7/h1-5,12,14H,6-11,21H2;(H,6,7). The first-order chi connectivity index (χ1) is 14.0. The molecule has 1 heterocycles. The Morgan fingerprint density at radius 2 is 1.70 bits per heavy atom. The fraction of sp³-hybridized carbons (Fsp3) is 0.429. The number of fused-ring (bicyclic) bond motifs is 1. The van der Waals surface area contributed by atoms with E-state index in [1.807, 2.05) is 23.1 Å². The number of carboxylic acid groups (broad SMARTS) is 1. The van der Waals surface area contributed by atoms with Gasteiger partial charge < -0.3 is 15.7 Å². The van der Waals surface area contributed by atoms with Crippen LogP contribution < -0.4 is 5.73 Å². The number of piperidine rings is 1. The second-order valence-electron chi connectivity index (χ2n) is 7.77. The summed E-state index contributed by atoms with van der Waals surface area (Å²) in [5, 5.41) is 8.71. The maximum atomic E-state index is 13.4. The van der Waals surface area contributed by atoms with E-state index in [1.165, 1.54) is 12.1 Å². The minimum atomic E-state index is -5.08. The zero-order chi connectivity index (χ0) is 22.1. The number of benzene rings is 2. The Labute approximate surface area is 170 Å². The molecule has 0 unspecified atom stereocenters. The lowest BCUT2D eigenvalue weighted by Crippen LogP contribution is -2.44. The number of aliphatic carboxylic acids is 1. The molecule has 5 nitrogen and oxygen atoms in total. The van der Waals surface area contributed by atoms with Crippen molar-refractivity contribution in [2.45, 2.75) is 37.4 Å². The van der Waals surface area contributed by atoms with Gasteiger partial charge in [-0.15, -0.1) is 0 Å². The molecule has 1 aliphatic carbocycles. The number of alkyl halides is 3. The first kappa shape index (κ1) is 22.0. The number of rotatable bonds is 2. The summed E-state index contributed by atoms with van der Waals surface area (Å²) in [6.45, 7) is 1.53. The van der Waals surface area contributed by atoms with Crippen LogP contribution in [-0.4, -0.2) is 46.7 Å². The lowest BCUT2D eigenvalue weighted by atomic mass is 9.87. The quantitative estimate of drug-likeness (QED) is 0.713. The van der Waals surface area contributed by atoms with Crippen molar-refractivity contribution in [1.82, 2.24) is 4.90 Å². The molecule has 162 valence electrons. The lowest BCUT2D eigenvalue weighted by Gasteiger charge is -2.35. The van der Waals surface area contributed by atoms with Crippen molar-refractivity contribution in [3.8, 4) is 0 Å². The van der Waals surface area contributed by atoms with E-state index in [4.69, 9.17) is 15.6 Å². The van der Waals surface area contributed by atoms with Gasteiger partial charge in [0.05, 0.1) is 0 Å². The van der Waals surface area contributed by atoms with Crippen LogP contribution in [0.3, 0.4) is 0 Å². The molecule has 0 atom stereocenters. The van der Waals surface area contributed by atoms with Crippen molar-refractivity contribution in [1.29, 1.82) is 0 Å². The van der Waals surface area contributed by atoms with Gasteiger partial charge >= 0.3 is 12.1 Å². The normalized spacial score (nSPS) is 18.5. The summed E-state index contributed by atoms with van der Waals surface area (Å²) >= 11 is 0. The molecule has 2 aromatic carbocycles. The van der Waals surface area contributed by atoms with Crippen LogP contribution in [0.15, 0.2) is 36.4 Å². The van der Waals surface area contributed by atoms with Crippen LogP contribution in [0.5, 0.6) is 0 Å². The van der Waals surface area contributed by atoms with Crippen molar-refractivity contribution in [3.05, 3.63) is 47.8 Å². The van der Waals surface area contributed by atoms with Gasteiger partial charge in [0.1, 0.15) is 5.82 Å². The second-order valence-corrected chi connectivity index (χ2v) is 7.77. The minimum absolute atomic E-state index is 0.0440. The van der Waals surface area contributed by atoms with Crippen molar-refractivity contribution < 1.29 is 32.3 Å². The van der Waals surface area contributed by atoms with Crippen molar-refractivity contribution in [2.75, 3.05) is 13.1 Å². The van der Waals surface area contributed by atoms with E-state index < -0.39 is 12.1 Å². The number of likely N-dealkylation sites (tertiary alicyclic amines) is 1. The Morgan fingerprint density at radius 3 is 2.23 bits per heavy atom. The molecule has 1 saturated heterocycles. The van der Waals surface area contributed by atoms with E-state index in [0.29, 0.717) is 11.5 Å². The first-order valence-electron chi connectivity index (χ1n) is 9.58. The van der Waals surface area contributed by atoms with Crippen LogP contribution in [0.4, 0.5) is 17.6 Å². The molecular weight excluding hydrogens is 404 g/mol. The van der Waals surface area contributed by atoms with Crippen LogP contribution in [0.1, 0.15) is 36.0 Å². The summed E-state index contributed by atoms with van der Waals surface area (Å²) in [5.74, 6) is -2.44. The van der Waals surface area contributed by atoms with Crippen molar-refractivity contribution in [3.63, 3.8) is 0 Å². The molecule has 9 heteroatoms. The highest BCUT2D eigenvalue weighted by molar-refractivity contribution is 6.07. The monoisotopic (exact) mass is 426 g/mol. The topological polar surface area (TPSA) is 83.6 Å². The molecule has 4 rings (SSSR count). The van der Waals surface area contributed by atoms with Gasteiger partial charge in [0.2, 0.25) is 0 Å². The van der Waals surface area contributed by atoms with E-state index in [1.54, 1.807) is 6.07 Å². The molecule has 30 heavy (non-hydrogen) atoms. The number of nitrogens with zero attached hydrogens (tertiary/aromatic N) is 1. The molecule has 0 spiro atoms. The van der Waals surface area contributed by atoms with Crippen LogP contribution in [-0.2, 0) is 4.79 Å². The summed E-state index contributed by atoms with van der Waals surface area (Å²) in [7, 11) is 0. The van der Waals surface area contributed by atoms with E-state index in [0.717, 1.165) is 49.5 Å². The molecular formula is C21H22F4N2O3. The third-order valence-electron chi connectivity index (χ3n) is 5.74. The average molecular weight is 426 g/mol. The molecule has 3 N–H and O–H groups in total. The van der Waals surface area contributed by atoms with Crippen LogP contribution in [0, 0.1) is 11.7 Å². The molecule has 1 amide bonds. The molecule has 0 bridgehead atoms. The number of amides is 1. The highest BCUT2D eigenvalue weighted by Gasteiger charge is 2.46. The third kappa shape index (κ3) is 4.89. The van der Waals surface area contributed by atoms with Gasteiger partial charge in [0.25, 0.3) is 5.91 Å². The lowest BCUT2D eigenvalue weighted by molar-refractivity contribution is -0.192. The Bertz CT molecular complexity index is 949. The van der Waals surface area contributed by atoms with E-state index in [9.17, 15) is 22.4 Å². The smallest absolute Gasteiger partial charge is 0.475 e. The maximum Gasteiger partial charge on any atom is 0.490 e. The number of carbonyl (C=O) groups is 2. The predicted octanol–water partition coefficient (Wildman–Crippen LogP) is 3.96. The molecule has 1 saturated carbocycles. The van der Waals surface area contributed by atoms with Crippen LogP contribution >= 0.6 is 0 Å². The number of hydrogen-bond donors (Lipinski definition) is 2. The molecule has 2 fully saturated rings. The summed E-state index contributed by atoms with van der Waals surface area (Å²) in [6.07, 6.45) is -0.857. The highest BCUT2D eigenvalue weighted by Crippen LogP contribution is 2.44. The Hall–Kier alpha value is -2.68. The van der Waals surface area contributed by atoms with Gasteiger partial charge in [-0.2, -0.15) is 13.2 Å². The summed E-state index contributed by atoms with van der Waals surface area (Å²) in [4.78, 5) is 23.7. The summed E-state index contributed by atoms with van der Waals surface area (Å²) < 4.78 is 45.1. The SMILES string of the molecule is NC1(C2CCN(C(=O)c3cccc4cc(F)ccc34)CC2)CC1.O=C(O)C(F)(F)F. The molecule has 1 aliphatic heterocycles. The number of nitrogens with two attached hydrogens (primary N) is 1.